The van der Waals surface area contributed by atoms with E-state index in [1.807, 2.05) is 0 Å². The van der Waals surface area contributed by atoms with Gasteiger partial charge in [0.2, 0.25) is 0 Å². The predicted octanol–water partition coefficient (Wildman–Crippen LogP) is 1.47. The third kappa shape index (κ3) is 4.90. The first kappa shape index (κ1) is 18.7. The highest BCUT2D eigenvalue weighted by molar-refractivity contribution is 5.84. The fourth-order valence-electron chi connectivity index (χ4n) is 2.57. The van der Waals surface area contributed by atoms with Crippen molar-refractivity contribution >= 4 is 11.7 Å². The number of phenolic OH excluding ortho intramolecular Hbond substituents is 1. The summed E-state index contributed by atoms with van der Waals surface area (Å²) in [5, 5.41) is 9.30. The van der Waals surface area contributed by atoms with Crippen LogP contribution in [0, 0.1) is 0 Å². The summed E-state index contributed by atoms with van der Waals surface area (Å²) in [6.07, 6.45) is 5.37. The Bertz CT molecular complexity index is 784. The van der Waals surface area contributed by atoms with E-state index in [1.54, 1.807) is 12.1 Å². The van der Waals surface area contributed by atoms with Crippen LogP contribution in [-0.4, -0.2) is 26.6 Å². The van der Waals surface area contributed by atoms with E-state index in [-0.39, 0.29) is 18.0 Å². The van der Waals surface area contributed by atoms with Gasteiger partial charge in [0.15, 0.2) is 0 Å². The molecule has 1 heterocycles. The maximum absolute atomic E-state index is 12.5. The number of hydrogen-bond acceptors (Lipinski definition) is 6. The van der Waals surface area contributed by atoms with E-state index in [9.17, 15) is 14.7 Å². The fourth-order valence-corrected chi connectivity index (χ4v) is 2.57. The number of unbranched alkanes of at least 4 members (excludes halogenated alkanes) is 2. The van der Waals surface area contributed by atoms with Crippen molar-refractivity contribution in [1.29, 1.82) is 0 Å². The highest BCUT2D eigenvalue weighted by atomic mass is 16.3. The molecule has 134 valence electrons. The molecule has 1 aromatic carbocycles. The Balaban J connectivity index is 2.17. The van der Waals surface area contributed by atoms with Crippen LogP contribution in [0.15, 0.2) is 35.3 Å². The molecule has 0 saturated heterocycles. The summed E-state index contributed by atoms with van der Waals surface area (Å²) >= 11 is 0. The number of nitrogens with zero attached hydrogens (tertiary/aromatic N) is 2. The van der Waals surface area contributed by atoms with Gasteiger partial charge >= 0.3 is 5.69 Å². The summed E-state index contributed by atoms with van der Waals surface area (Å²) < 4.78 is 0.947. The monoisotopic (exact) mass is 344 g/mol. The van der Waals surface area contributed by atoms with Gasteiger partial charge in [-0.1, -0.05) is 31.9 Å². The number of rotatable bonds is 7. The Morgan fingerprint density at radius 2 is 1.96 bits per heavy atom. The Kier molecular flexibility index (Phi) is 6.30. The molecule has 0 spiro atoms. The number of benzene rings is 1. The molecule has 25 heavy (non-hydrogen) atoms. The van der Waals surface area contributed by atoms with Crippen molar-refractivity contribution < 1.29 is 9.90 Å². The average molecular weight is 344 g/mol. The van der Waals surface area contributed by atoms with Crippen molar-refractivity contribution in [3.63, 3.8) is 0 Å². The largest absolute Gasteiger partial charge is 0.508 e. The average Bonchev–Trinajstić information content (AvgIpc) is 2.58. The van der Waals surface area contributed by atoms with Crippen LogP contribution in [0.4, 0.5) is 5.82 Å². The molecule has 0 saturated carbocycles. The topological polar surface area (TPSA) is 124 Å². The van der Waals surface area contributed by atoms with Gasteiger partial charge in [-0.25, -0.2) is 9.36 Å². The number of hydrogen-bond donors (Lipinski definition) is 3. The van der Waals surface area contributed by atoms with Gasteiger partial charge in [-0.3, -0.25) is 4.79 Å². The fraction of sp³-hybridized carbons (Fsp3) is 0.389. The van der Waals surface area contributed by atoms with Gasteiger partial charge in [0.05, 0.1) is 6.04 Å². The molecule has 0 fully saturated rings. The number of phenols is 1. The van der Waals surface area contributed by atoms with E-state index in [0.717, 1.165) is 29.4 Å². The normalized spacial score (nSPS) is 12.1. The Hall–Kier alpha value is -2.67. The van der Waals surface area contributed by atoms with E-state index in [2.05, 4.69) is 11.9 Å². The molecule has 7 nitrogen and oxygen atoms in total. The van der Waals surface area contributed by atoms with Gasteiger partial charge in [0, 0.05) is 11.8 Å². The van der Waals surface area contributed by atoms with E-state index in [4.69, 9.17) is 11.5 Å². The Morgan fingerprint density at radius 1 is 1.28 bits per heavy atom. The molecule has 0 aliphatic heterocycles. The molecule has 1 aromatic heterocycles. The van der Waals surface area contributed by atoms with Crippen molar-refractivity contribution in [2.45, 2.75) is 45.1 Å². The summed E-state index contributed by atoms with van der Waals surface area (Å²) in [6.45, 7) is 2.09. The highest BCUT2D eigenvalue weighted by Crippen LogP contribution is 2.13. The minimum atomic E-state index is -0.892. The van der Waals surface area contributed by atoms with Crippen LogP contribution < -0.4 is 17.2 Å². The second-order valence-corrected chi connectivity index (χ2v) is 6.08. The van der Waals surface area contributed by atoms with Crippen LogP contribution >= 0.6 is 0 Å². The van der Waals surface area contributed by atoms with Gasteiger partial charge in [0.25, 0.3) is 5.91 Å². The summed E-state index contributed by atoms with van der Waals surface area (Å²) in [7, 11) is 0. The lowest BCUT2D eigenvalue weighted by Gasteiger charge is -2.14. The van der Waals surface area contributed by atoms with Crippen molar-refractivity contribution in [3.8, 4) is 5.75 Å². The van der Waals surface area contributed by atoms with Crippen LogP contribution in [-0.2, 0) is 12.8 Å². The smallest absolute Gasteiger partial charge is 0.356 e. The molecule has 2 aromatic rings. The lowest BCUT2D eigenvalue weighted by Crippen LogP contribution is -2.42. The lowest BCUT2D eigenvalue weighted by atomic mass is 10.1. The number of aromatic hydroxyl groups is 1. The molecule has 0 aliphatic carbocycles. The standard InChI is InChI=1S/C18H24N4O3/c1-2-3-4-5-13-11-22(18(25)21-16(13)20)17(24)15(19)10-12-6-8-14(23)9-7-12/h6-9,11,15,23H,2-5,10,19H2,1H3,(H2,20,21,25). The van der Waals surface area contributed by atoms with Crippen LogP contribution in [0.1, 0.15) is 42.1 Å². The number of aromatic nitrogens is 2. The Labute approximate surface area is 146 Å². The van der Waals surface area contributed by atoms with Crippen molar-refractivity contribution in [1.82, 2.24) is 9.55 Å². The van der Waals surface area contributed by atoms with Gasteiger partial charge < -0.3 is 16.6 Å². The number of carbonyl (C=O) groups is 1. The molecule has 2 rings (SSSR count). The van der Waals surface area contributed by atoms with Crippen LogP contribution in [0.5, 0.6) is 5.75 Å². The summed E-state index contributed by atoms with van der Waals surface area (Å²) in [5.74, 6) is -0.223. The maximum atomic E-state index is 12.5. The van der Waals surface area contributed by atoms with E-state index in [0.29, 0.717) is 12.0 Å². The lowest BCUT2D eigenvalue weighted by molar-refractivity contribution is 0.0872. The first-order valence-electron chi connectivity index (χ1n) is 8.38. The minimum absolute atomic E-state index is 0.138. The van der Waals surface area contributed by atoms with Gasteiger partial charge in [-0.15, -0.1) is 0 Å². The van der Waals surface area contributed by atoms with Crippen molar-refractivity contribution in [2.75, 3.05) is 5.73 Å². The summed E-state index contributed by atoms with van der Waals surface area (Å²) in [4.78, 5) is 28.3. The first-order valence-corrected chi connectivity index (χ1v) is 8.38. The summed E-state index contributed by atoms with van der Waals surface area (Å²) in [5.41, 5.74) is 12.5. The number of anilines is 1. The third-order valence-corrected chi connectivity index (χ3v) is 4.03. The van der Waals surface area contributed by atoms with Crippen LogP contribution in [0.2, 0.25) is 0 Å². The molecule has 7 heteroatoms. The molecular formula is C18H24N4O3. The predicted molar refractivity (Wildman–Crippen MR) is 96.6 cm³/mol. The molecule has 0 radical (unpaired) electrons. The van der Waals surface area contributed by atoms with E-state index < -0.39 is 17.6 Å². The quantitative estimate of drug-likeness (QED) is 0.653. The second-order valence-electron chi connectivity index (χ2n) is 6.08. The van der Waals surface area contributed by atoms with Crippen LogP contribution in [0.25, 0.3) is 0 Å². The third-order valence-electron chi connectivity index (χ3n) is 4.03. The van der Waals surface area contributed by atoms with Gasteiger partial charge in [0.1, 0.15) is 11.6 Å². The zero-order valence-electron chi connectivity index (χ0n) is 14.3. The zero-order valence-corrected chi connectivity index (χ0v) is 14.3. The molecule has 1 unspecified atom stereocenters. The summed E-state index contributed by atoms with van der Waals surface area (Å²) in [6, 6.07) is 5.52. The number of nitrogens with two attached hydrogens (primary N) is 2. The van der Waals surface area contributed by atoms with Crippen molar-refractivity contribution in [2.24, 2.45) is 5.73 Å². The molecular weight excluding hydrogens is 320 g/mol. The first-order chi connectivity index (χ1) is 11.9. The second kappa shape index (κ2) is 8.43. The molecule has 1 atom stereocenters. The maximum Gasteiger partial charge on any atom is 0.356 e. The number of aryl methyl sites for hydroxylation is 1. The molecule has 0 aliphatic rings. The minimum Gasteiger partial charge on any atom is -0.508 e. The SMILES string of the molecule is CCCCCc1cn(C(=O)C(N)Cc2ccc(O)cc2)c(=O)nc1N. The Morgan fingerprint density at radius 3 is 2.60 bits per heavy atom. The van der Waals surface area contributed by atoms with Gasteiger partial charge in [-0.05, 0) is 37.0 Å². The van der Waals surface area contributed by atoms with E-state index >= 15 is 0 Å². The molecule has 0 bridgehead atoms. The number of carbonyl (C=O) groups excluding carboxylic acids is 1. The van der Waals surface area contributed by atoms with Crippen molar-refractivity contribution in [3.05, 3.63) is 52.1 Å². The van der Waals surface area contributed by atoms with Gasteiger partial charge in [-0.2, -0.15) is 4.98 Å². The highest BCUT2D eigenvalue weighted by Gasteiger charge is 2.19. The number of nitrogen functional groups attached to an aromatic ring is 1. The molecule has 0 amide bonds. The molecule has 5 N–H and O–H groups in total. The zero-order chi connectivity index (χ0) is 18.4. The van der Waals surface area contributed by atoms with E-state index in [1.165, 1.54) is 18.3 Å². The van der Waals surface area contributed by atoms with Crippen LogP contribution in [0.3, 0.4) is 0 Å².